The summed E-state index contributed by atoms with van der Waals surface area (Å²) in [6, 6.07) is 10.4. The second kappa shape index (κ2) is 5.83. The highest BCUT2D eigenvalue weighted by molar-refractivity contribution is 7.89. The lowest BCUT2D eigenvalue weighted by Gasteiger charge is -2.15. The number of sulfonamides is 1. The highest BCUT2D eigenvalue weighted by Crippen LogP contribution is 2.21. The van der Waals surface area contributed by atoms with Crippen molar-refractivity contribution in [3.8, 4) is 0 Å². The van der Waals surface area contributed by atoms with Crippen LogP contribution < -0.4 is 10.5 Å². The van der Waals surface area contributed by atoms with Crippen LogP contribution in [0.15, 0.2) is 47.4 Å². The van der Waals surface area contributed by atoms with Gasteiger partial charge in [-0.1, -0.05) is 18.2 Å². The standard InChI is InChI=1S/C15H17FN2O2S/c1-10-6-7-14(16)15(8-10)21(19,20)18-11(2)12-4-3-5-13(17)9-12/h3-9,11,18H,17H2,1-2H3. The van der Waals surface area contributed by atoms with E-state index < -0.39 is 21.9 Å². The summed E-state index contributed by atoms with van der Waals surface area (Å²) >= 11 is 0. The molecule has 21 heavy (non-hydrogen) atoms. The molecule has 0 heterocycles. The predicted molar refractivity (Wildman–Crippen MR) is 80.7 cm³/mol. The van der Waals surface area contributed by atoms with E-state index in [0.717, 1.165) is 6.07 Å². The van der Waals surface area contributed by atoms with Crippen LogP contribution in [0.2, 0.25) is 0 Å². The molecule has 1 unspecified atom stereocenters. The Labute approximate surface area is 123 Å². The third kappa shape index (κ3) is 3.59. The van der Waals surface area contributed by atoms with E-state index in [2.05, 4.69) is 4.72 Å². The summed E-state index contributed by atoms with van der Waals surface area (Å²) in [4.78, 5) is -0.349. The predicted octanol–water partition coefficient (Wildman–Crippen LogP) is 2.76. The van der Waals surface area contributed by atoms with Crippen LogP contribution >= 0.6 is 0 Å². The van der Waals surface area contributed by atoms with Gasteiger partial charge in [-0.05, 0) is 49.2 Å². The fourth-order valence-electron chi connectivity index (χ4n) is 2.01. The maximum Gasteiger partial charge on any atom is 0.244 e. The van der Waals surface area contributed by atoms with Crippen LogP contribution in [0.25, 0.3) is 0 Å². The molecule has 4 nitrogen and oxygen atoms in total. The average Bonchev–Trinajstić information content (AvgIpc) is 2.41. The van der Waals surface area contributed by atoms with Crippen molar-refractivity contribution in [1.29, 1.82) is 0 Å². The number of hydrogen-bond acceptors (Lipinski definition) is 3. The Morgan fingerprint density at radius 2 is 1.90 bits per heavy atom. The Hall–Kier alpha value is -1.92. The smallest absolute Gasteiger partial charge is 0.244 e. The van der Waals surface area contributed by atoms with Crippen molar-refractivity contribution in [3.05, 3.63) is 59.4 Å². The summed E-state index contributed by atoms with van der Waals surface area (Å²) in [5.74, 6) is -0.770. The zero-order valence-electron chi connectivity index (χ0n) is 11.8. The van der Waals surface area contributed by atoms with Gasteiger partial charge in [-0.15, -0.1) is 0 Å². The van der Waals surface area contributed by atoms with Crippen LogP contribution in [0.5, 0.6) is 0 Å². The Bertz CT molecular complexity index is 760. The van der Waals surface area contributed by atoms with Crippen LogP contribution in [0.3, 0.4) is 0 Å². The average molecular weight is 308 g/mol. The molecule has 2 aromatic carbocycles. The van der Waals surface area contributed by atoms with Crippen molar-refractivity contribution in [3.63, 3.8) is 0 Å². The van der Waals surface area contributed by atoms with Crippen LogP contribution in [0.4, 0.5) is 10.1 Å². The molecule has 0 spiro atoms. The van der Waals surface area contributed by atoms with Gasteiger partial charge in [0.25, 0.3) is 0 Å². The first-order valence-corrected chi connectivity index (χ1v) is 7.92. The number of hydrogen-bond donors (Lipinski definition) is 2. The van der Waals surface area contributed by atoms with E-state index in [1.54, 1.807) is 38.1 Å². The van der Waals surface area contributed by atoms with Gasteiger partial charge in [0, 0.05) is 11.7 Å². The lowest BCUT2D eigenvalue weighted by molar-refractivity contribution is 0.546. The summed E-state index contributed by atoms with van der Waals surface area (Å²) in [5.41, 5.74) is 7.61. The molecule has 112 valence electrons. The lowest BCUT2D eigenvalue weighted by Crippen LogP contribution is -2.27. The van der Waals surface area contributed by atoms with Crippen molar-refractivity contribution in [2.24, 2.45) is 0 Å². The van der Waals surface area contributed by atoms with Crippen molar-refractivity contribution in [1.82, 2.24) is 4.72 Å². The molecule has 6 heteroatoms. The molecule has 0 radical (unpaired) electrons. The minimum atomic E-state index is -3.94. The van der Waals surface area contributed by atoms with Gasteiger partial charge < -0.3 is 5.73 Å². The second-order valence-electron chi connectivity index (χ2n) is 4.95. The van der Waals surface area contributed by atoms with Crippen LogP contribution in [0.1, 0.15) is 24.1 Å². The lowest BCUT2D eigenvalue weighted by atomic mass is 10.1. The Kier molecular flexibility index (Phi) is 4.29. The van der Waals surface area contributed by atoms with E-state index in [4.69, 9.17) is 5.73 Å². The molecule has 0 bridgehead atoms. The maximum atomic E-state index is 13.7. The van der Waals surface area contributed by atoms with Gasteiger partial charge in [-0.2, -0.15) is 0 Å². The minimum Gasteiger partial charge on any atom is -0.399 e. The molecule has 0 saturated heterocycles. The largest absolute Gasteiger partial charge is 0.399 e. The molecule has 0 aromatic heterocycles. The molecular weight excluding hydrogens is 291 g/mol. The number of nitrogens with two attached hydrogens (primary N) is 1. The summed E-state index contributed by atoms with van der Waals surface area (Å²) in [7, 11) is -3.94. The summed E-state index contributed by atoms with van der Waals surface area (Å²) in [6.45, 7) is 3.39. The first-order chi connectivity index (χ1) is 9.79. The third-order valence-electron chi connectivity index (χ3n) is 3.12. The highest BCUT2D eigenvalue weighted by atomic mass is 32.2. The van der Waals surface area contributed by atoms with E-state index in [-0.39, 0.29) is 4.90 Å². The number of benzene rings is 2. The van der Waals surface area contributed by atoms with Gasteiger partial charge in [-0.3, -0.25) is 0 Å². The van der Waals surface area contributed by atoms with Crippen molar-refractivity contribution in [2.75, 3.05) is 5.73 Å². The third-order valence-corrected chi connectivity index (χ3v) is 4.67. The number of nitrogens with one attached hydrogen (secondary N) is 1. The van der Waals surface area contributed by atoms with Gasteiger partial charge in [0.1, 0.15) is 10.7 Å². The van der Waals surface area contributed by atoms with Gasteiger partial charge in [-0.25, -0.2) is 17.5 Å². The van der Waals surface area contributed by atoms with Crippen molar-refractivity contribution in [2.45, 2.75) is 24.8 Å². The number of halogens is 1. The van der Waals surface area contributed by atoms with E-state index in [1.807, 2.05) is 0 Å². The number of anilines is 1. The Balaban J connectivity index is 2.31. The first kappa shape index (κ1) is 15.5. The Morgan fingerprint density at radius 3 is 2.57 bits per heavy atom. The van der Waals surface area contributed by atoms with E-state index >= 15 is 0 Å². The van der Waals surface area contributed by atoms with Gasteiger partial charge in [0.15, 0.2) is 0 Å². The van der Waals surface area contributed by atoms with E-state index in [0.29, 0.717) is 16.8 Å². The first-order valence-electron chi connectivity index (χ1n) is 6.43. The van der Waals surface area contributed by atoms with E-state index in [9.17, 15) is 12.8 Å². The molecule has 0 saturated carbocycles. The second-order valence-corrected chi connectivity index (χ2v) is 6.63. The normalized spacial score (nSPS) is 13.1. The maximum absolute atomic E-state index is 13.7. The van der Waals surface area contributed by atoms with Crippen LogP contribution in [0, 0.1) is 12.7 Å². The van der Waals surface area contributed by atoms with Gasteiger partial charge >= 0.3 is 0 Å². The molecule has 0 amide bonds. The summed E-state index contributed by atoms with van der Waals surface area (Å²) in [5, 5.41) is 0. The molecule has 0 aliphatic carbocycles. The van der Waals surface area contributed by atoms with Crippen LogP contribution in [-0.2, 0) is 10.0 Å². The van der Waals surface area contributed by atoms with Gasteiger partial charge in [0.2, 0.25) is 10.0 Å². The molecular formula is C15H17FN2O2S. The molecule has 0 aliphatic heterocycles. The Morgan fingerprint density at radius 1 is 1.19 bits per heavy atom. The number of rotatable bonds is 4. The van der Waals surface area contributed by atoms with Crippen molar-refractivity contribution >= 4 is 15.7 Å². The zero-order chi connectivity index (χ0) is 15.6. The summed E-state index contributed by atoms with van der Waals surface area (Å²) < 4.78 is 40.8. The topological polar surface area (TPSA) is 72.2 Å². The number of aryl methyl sites for hydroxylation is 1. The minimum absolute atomic E-state index is 0.349. The summed E-state index contributed by atoms with van der Waals surface area (Å²) in [6.07, 6.45) is 0. The SMILES string of the molecule is Cc1ccc(F)c(S(=O)(=O)NC(C)c2cccc(N)c2)c1. The molecule has 2 aromatic rings. The quantitative estimate of drug-likeness (QED) is 0.853. The van der Waals surface area contributed by atoms with Gasteiger partial charge in [0.05, 0.1) is 0 Å². The number of nitrogen functional groups attached to an aromatic ring is 1. The fraction of sp³-hybridized carbons (Fsp3) is 0.200. The highest BCUT2D eigenvalue weighted by Gasteiger charge is 2.22. The fourth-order valence-corrected chi connectivity index (χ4v) is 3.40. The molecule has 0 aliphatic rings. The monoisotopic (exact) mass is 308 g/mol. The molecule has 2 rings (SSSR count). The molecule has 0 fully saturated rings. The van der Waals surface area contributed by atoms with Crippen LogP contribution in [-0.4, -0.2) is 8.42 Å². The zero-order valence-corrected chi connectivity index (χ0v) is 12.6. The van der Waals surface area contributed by atoms with E-state index in [1.165, 1.54) is 12.1 Å². The molecule has 3 N–H and O–H groups in total. The van der Waals surface area contributed by atoms with Crippen molar-refractivity contribution < 1.29 is 12.8 Å². The molecule has 1 atom stereocenters.